The summed E-state index contributed by atoms with van der Waals surface area (Å²) in [6, 6.07) is 0. The smallest absolute Gasteiger partial charge is 0.306 e. The van der Waals surface area contributed by atoms with Crippen molar-refractivity contribution in [3.63, 3.8) is 0 Å². The van der Waals surface area contributed by atoms with E-state index in [1.54, 1.807) is 6.92 Å². The summed E-state index contributed by atoms with van der Waals surface area (Å²) in [4.78, 5) is 44.8. The summed E-state index contributed by atoms with van der Waals surface area (Å²) in [5.41, 5.74) is 0. The second kappa shape index (κ2) is 23.6. The van der Waals surface area contributed by atoms with Gasteiger partial charge in [0.05, 0.1) is 5.92 Å². The zero-order valence-corrected chi connectivity index (χ0v) is 22.0. The molecule has 0 radical (unpaired) electrons. The zero-order chi connectivity index (χ0) is 26.2. The van der Waals surface area contributed by atoms with Gasteiger partial charge in [0.2, 0.25) is 11.8 Å². The van der Waals surface area contributed by atoms with Crippen molar-refractivity contribution in [2.24, 2.45) is 5.92 Å². The minimum absolute atomic E-state index is 0.0266. The van der Waals surface area contributed by atoms with E-state index >= 15 is 0 Å². The molecule has 8 nitrogen and oxygen atoms in total. The van der Waals surface area contributed by atoms with Crippen molar-refractivity contribution in [1.29, 1.82) is 0 Å². The number of aliphatic carboxylic acids is 2. The molecule has 35 heavy (non-hydrogen) atoms. The highest BCUT2D eigenvalue weighted by Crippen LogP contribution is 2.13. The summed E-state index contributed by atoms with van der Waals surface area (Å²) in [5.74, 6) is -1.79. The third kappa shape index (κ3) is 24.8. The minimum Gasteiger partial charge on any atom is -0.481 e. The SMILES string of the molecule is C[C@@H](CCCCNC(=O)CCCNC(=O)CCCCCCCCCCCCCCC(=O)O)C(=O)O. The van der Waals surface area contributed by atoms with E-state index in [0.717, 1.165) is 51.4 Å². The van der Waals surface area contributed by atoms with Gasteiger partial charge in [-0.15, -0.1) is 0 Å². The van der Waals surface area contributed by atoms with E-state index in [0.29, 0.717) is 45.2 Å². The van der Waals surface area contributed by atoms with Gasteiger partial charge in [0.1, 0.15) is 0 Å². The molecule has 204 valence electrons. The highest BCUT2D eigenvalue weighted by atomic mass is 16.4. The predicted octanol–water partition coefficient (Wildman–Crippen LogP) is 5.44. The van der Waals surface area contributed by atoms with E-state index in [1.165, 1.54) is 38.5 Å². The lowest BCUT2D eigenvalue weighted by molar-refractivity contribution is -0.141. The number of hydrogen-bond donors (Lipinski definition) is 4. The zero-order valence-electron chi connectivity index (χ0n) is 22.0. The molecule has 0 heterocycles. The molecule has 0 saturated carbocycles. The van der Waals surface area contributed by atoms with Crippen LogP contribution in [-0.4, -0.2) is 47.1 Å². The molecule has 0 bridgehead atoms. The lowest BCUT2D eigenvalue weighted by Crippen LogP contribution is -2.27. The monoisotopic (exact) mass is 498 g/mol. The van der Waals surface area contributed by atoms with Gasteiger partial charge in [0.15, 0.2) is 0 Å². The maximum Gasteiger partial charge on any atom is 0.306 e. The van der Waals surface area contributed by atoms with E-state index in [9.17, 15) is 19.2 Å². The Morgan fingerprint density at radius 3 is 1.40 bits per heavy atom. The van der Waals surface area contributed by atoms with Crippen LogP contribution < -0.4 is 10.6 Å². The van der Waals surface area contributed by atoms with E-state index in [-0.39, 0.29) is 17.7 Å². The molecule has 0 saturated heterocycles. The molecule has 0 aromatic rings. The van der Waals surface area contributed by atoms with Crippen molar-refractivity contribution in [3.8, 4) is 0 Å². The molecular weight excluding hydrogens is 448 g/mol. The Labute approximate surface area is 212 Å². The number of carbonyl (C=O) groups excluding carboxylic acids is 2. The molecule has 0 aromatic carbocycles. The van der Waals surface area contributed by atoms with Gasteiger partial charge in [-0.25, -0.2) is 0 Å². The summed E-state index contributed by atoms with van der Waals surface area (Å²) in [7, 11) is 0. The van der Waals surface area contributed by atoms with Gasteiger partial charge in [-0.1, -0.05) is 77.6 Å². The van der Waals surface area contributed by atoms with E-state index in [1.807, 2.05) is 0 Å². The van der Waals surface area contributed by atoms with Gasteiger partial charge < -0.3 is 20.8 Å². The van der Waals surface area contributed by atoms with Crippen molar-refractivity contribution in [2.75, 3.05) is 13.1 Å². The van der Waals surface area contributed by atoms with Crippen molar-refractivity contribution < 1.29 is 29.4 Å². The van der Waals surface area contributed by atoms with Crippen LogP contribution in [0.4, 0.5) is 0 Å². The summed E-state index contributed by atoms with van der Waals surface area (Å²) in [5, 5.41) is 23.1. The predicted molar refractivity (Wildman–Crippen MR) is 138 cm³/mol. The van der Waals surface area contributed by atoms with Crippen molar-refractivity contribution in [2.45, 2.75) is 129 Å². The first-order chi connectivity index (χ1) is 16.8. The fourth-order valence-corrected chi connectivity index (χ4v) is 3.91. The van der Waals surface area contributed by atoms with Crippen LogP contribution in [0.3, 0.4) is 0 Å². The average molecular weight is 499 g/mol. The second-order valence-electron chi connectivity index (χ2n) is 9.67. The van der Waals surface area contributed by atoms with Crippen LogP contribution in [-0.2, 0) is 19.2 Å². The number of carbonyl (C=O) groups is 4. The summed E-state index contributed by atoms with van der Waals surface area (Å²) in [6.07, 6.45) is 17.5. The van der Waals surface area contributed by atoms with Gasteiger partial charge in [-0.3, -0.25) is 19.2 Å². The molecular formula is C27H50N2O6. The standard InChI is InChI=1S/C27H50N2O6/c1-23(27(34)35)17-14-15-21-28-25(31)19-16-22-29-24(30)18-12-10-8-6-4-2-3-5-7-9-11-13-20-26(32)33/h23H,2-22H2,1H3,(H,28,31)(H,29,30)(H,32,33)(H,34,35)/t23-/m0/s1. The quantitative estimate of drug-likeness (QED) is 0.124. The van der Waals surface area contributed by atoms with Crippen molar-refractivity contribution in [1.82, 2.24) is 10.6 Å². The molecule has 8 heteroatoms. The summed E-state index contributed by atoms with van der Waals surface area (Å²) < 4.78 is 0. The highest BCUT2D eigenvalue weighted by Gasteiger charge is 2.09. The number of carboxylic acids is 2. The largest absolute Gasteiger partial charge is 0.481 e. The topological polar surface area (TPSA) is 133 Å². The highest BCUT2D eigenvalue weighted by molar-refractivity contribution is 5.77. The van der Waals surface area contributed by atoms with E-state index < -0.39 is 11.9 Å². The Morgan fingerprint density at radius 1 is 0.543 bits per heavy atom. The third-order valence-corrected chi connectivity index (χ3v) is 6.25. The average Bonchev–Trinajstić information content (AvgIpc) is 2.81. The van der Waals surface area contributed by atoms with E-state index in [4.69, 9.17) is 10.2 Å². The Kier molecular flexibility index (Phi) is 22.2. The lowest BCUT2D eigenvalue weighted by atomic mass is 10.0. The first kappa shape index (κ1) is 32.9. The third-order valence-electron chi connectivity index (χ3n) is 6.25. The summed E-state index contributed by atoms with van der Waals surface area (Å²) in [6.45, 7) is 2.77. The molecule has 0 unspecified atom stereocenters. The molecule has 0 aliphatic rings. The maximum absolute atomic E-state index is 11.9. The van der Waals surface area contributed by atoms with E-state index in [2.05, 4.69) is 10.6 Å². The fourth-order valence-electron chi connectivity index (χ4n) is 3.91. The Morgan fingerprint density at radius 2 is 0.943 bits per heavy atom. The lowest BCUT2D eigenvalue weighted by Gasteiger charge is -2.08. The Balaban J connectivity index is 3.34. The van der Waals surface area contributed by atoms with Crippen LogP contribution in [0.5, 0.6) is 0 Å². The van der Waals surface area contributed by atoms with Crippen LogP contribution in [0, 0.1) is 5.92 Å². The molecule has 2 amide bonds. The first-order valence-electron chi connectivity index (χ1n) is 13.8. The van der Waals surface area contributed by atoms with Gasteiger partial charge in [-0.2, -0.15) is 0 Å². The van der Waals surface area contributed by atoms with Crippen molar-refractivity contribution >= 4 is 23.8 Å². The number of hydrogen-bond acceptors (Lipinski definition) is 4. The van der Waals surface area contributed by atoms with Crippen LogP contribution in [0.1, 0.15) is 129 Å². The maximum atomic E-state index is 11.9. The molecule has 0 aliphatic heterocycles. The molecule has 0 fully saturated rings. The van der Waals surface area contributed by atoms with Gasteiger partial charge >= 0.3 is 11.9 Å². The molecule has 0 aliphatic carbocycles. The number of carboxylic acid groups (broad SMARTS) is 2. The number of nitrogens with one attached hydrogen (secondary N) is 2. The molecule has 4 N–H and O–H groups in total. The van der Waals surface area contributed by atoms with Gasteiger partial charge in [0, 0.05) is 32.4 Å². The normalized spacial score (nSPS) is 11.7. The molecule has 0 rings (SSSR count). The minimum atomic E-state index is -0.779. The van der Waals surface area contributed by atoms with Gasteiger partial charge in [0.25, 0.3) is 0 Å². The molecule has 0 aromatic heterocycles. The van der Waals surface area contributed by atoms with Crippen LogP contribution in [0.25, 0.3) is 0 Å². The van der Waals surface area contributed by atoms with Crippen molar-refractivity contribution in [3.05, 3.63) is 0 Å². The molecule has 1 atom stereocenters. The molecule has 0 spiro atoms. The van der Waals surface area contributed by atoms with Gasteiger partial charge in [-0.05, 0) is 32.1 Å². The Bertz CT molecular complexity index is 582. The number of unbranched alkanes of at least 4 members (excludes halogenated alkanes) is 12. The fraction of sp³-hybridized carbons (Fsp3) is 0.852. The van der Waals surface area contributed by atoms with Crippen LogP contribution in [0.2, 0.25) is 0 Å². The first-order valence-corrected chi connectivity index (χ1v) is 13.8. The second-order valence-corrected chi connectivity index (χ2v) is 9.67. The van der Waals surface area contributed by atoms with Crippen LogP contribution in [0.15, 0.2) is 0 Å². The van der Waals surface area contributed by atoms with Crippen LogP contribution >= 0.6 is 0 Å². The Hall–Kier alpha value is -2.12. The summed E-state index contributed by atoms with van der Waals surface area (Å²) >= 11 is 0. The number of rotatable bonds is 25. The number of amides is 2.